The van der Waals surface area contributed by atoms with Crippen LogP contribution >= 0.6 is 0 Å². The van der Waals surface area contributed by atoms with Gasteiger partial charge in [0.05, 0.1) is 6.54 Å². The molecule has 4 aromatic carbocycles. The molecular weight excluding hydrogens is 506 g/mol. The highest BCUT2D eigenvalue weighted by atomic mass is 16.5. The van der Waals surface area contributed by atoms with Crippen LogP contribution in [0.4, 0.5) is 0 Å². The lowest BCUT2D eigenvalue weighted by Gasteiger charge is -2.35. The first kappa shape index (κ1) is 28.3. The zero-order chi connectivity index (χ0) is 28.9. The summed E-state index contributed by atoms with van der Waals surface area (Å²) in [6.07, 6.45) is 0.820. The van der Waals surface area contributed by atoms with Gasteiger partial charge in [0.2, 0.25) is 0 Å². The molecule has 0 bridgehead atoms. The van der Waals surface area contributed by atoms with Gasteiger partial charge in [-0.15, -0.1) is 0 Å². The molecule has 0 spiro atoms. The molecule has 0 unspecified atom stereocenters. The van der Waals surface area contributed by atoms with Gasteiger partial charge >= 0.3 is 5.69 Å². The predicted octanol–water partition coefficient (Wildman–Crippen LogP) is 7.31. The van der Waals surface area contributed by atoms with Crippen LogP contribution < -0.4 is 5.69 Å². The second-order valence-electron chi connectivity index (χ2n) is 11.5. The van der Waals surface area contributed by atoms with Crippen molar-refractivity contribution in [2.24, 2.45) is 0 Å². The van der Waals surface area contributed by atoms with E-state index in [0.717, 1.165) is 28.7 Å². The van der Waals surface area contributed by atoms with Crippen LogP contribution in [0.15, 0.2) is 120 Å². The molecule has 5 rings (SSSR count). The Bertz CT molecular complexity index is 1500. The lowest BCUT2D eigenvalue weighted by atomic mass is 9.80. The van der Waals surface area contributed by atoms with Crippen LogP contribution in [0.1, 0.15) is 67.8 Å². The highest BCUT2D eigenvalue weighted by molar-refractivity contribution is 5.47. The second kappa shape index (κ2) is 12.1. The van der Waals surface area contributed by atoms with Gasteiger partial charge in [-0.05, 0) is 39.7 Å². The first-order valence-electron chi connectivity index (χ1n) is 14.4. The number of rotatable bonds is 10. The molecule has 0 fully saturated rings. The minimum absolute atomic E-state index is 0.0747. The van der Waals surface area contributed by atoms with E-state index in [-0.39, 0.29) is 17.7 Å². The molecular formula is C36H39N3O2. The van der Waals surface area contributed by atoms with Gasteiger partial charge in [-0.1, -0.05) is 143 Å². The molecule has 41 heavy (non-hydrogen) atoms. The van der Waals surface area contributed by atoms with Crippen molar-refractivity contribution in [1.29, 1.82) is 0 Å². The Morgan fingerprint density at radius 1 is 0.683 bits per heavy atom. The van der Waals surface area contributed by atoms with Crippen LogP contribution in [-0.4, -0.2) is 14.3 Å². The van der Waals surface area contributed by atoms with E-state index in [2.05, 4.69) is 88.4 Å². The number of benzene rings is 4. The maximum absolute atomic E-state index is 13.6. The molecule has 0 amide bonds. The smallest absolute Gasteiger partial charge is 0.346 e. The SMILES string of the molecule is CCCn1c(COC(c2ccccc2)(c2ccccc2)c2ccccc2)nn(Cc2ccc(C(C)(C)C)cc2)c1=O. The summed E-state index contributed by atoms with van der Waals surface area (Å²) in [4.78, 5) is 13.6. The summed E-state index contributed by atoms with van der Waals surface area (Å²) < 4.78 is 10.3. The van der Waals surface area contributed by atoms with Gasteiger partial charge in [0.15, 0.2) is 5.82 Å². The van der Waals surface area contributed by atoms with Crippen molar-refractivity contribution in [2.45, 2.75) is 64.8 Å². The Balaban J connectivity index is 1.54. The lowest BCUT2D eigenvalue weighted by Crippen LogP contribution is -2.33. The maximum atomic E-state index is 13.6. The quantitative estimate of drug-likeness (QED) is 0.173. The zero-order valence-electron chi connectivity index (χ0n) is 24.5. The summed E-state index contributed by atoms with van der Waals surface area (Å²) in [5.41, 5.74) is 4.42. The third-order valence-corrected chi connectivity index (χ3v) is 7.56. The fourth-order valence-electron chi connectivity index (χ4n) is 5.37. The van der Waals surface area contributed by atoms with Gasteiger partial charge in [-0.25, -0.2) is 9.48 Å². The summed E-state index contributed by atoms with van der Waals surface area (Å²) >= 11 is 0. The van der Waals surface area contributed by atoms with E-state index in [1.807, 2.05) is 54.6 Å². The predicted molar refractivity (Wildman–Crippen MR) is 165 cm³/mol. The molecule has 5 nitrogen and oxygen atoms in total. The molecule has 0 aliphatic carbocycles. The molecule has 0 aliphatic heterocycles. The van der Waals surface area contributed by atoms with Gasteiger partial charge in [-0.2, -0.15) is 5.10 Å². The Morgan fingerprint density at radius 3 is 1.61 bits per heavy atom. The number of nitrogens with zero attached hydrogens (tertiary/aromatic N) is 3. The van der Waals surface area contributed by atoms with E-state index in [9.17, 15) is 4.79 Å². The van der Waals surface area contributed by atoms with Crippen molar-refractivity contribution in [3.63, 3.8) is 0 Å². The zero-order valence-corrected chi connectivity index (χ0v) is 24.5. The van der Waals surface area contributed by atoms with Crippen molar-refractivity contribution in [1.82, 2.24) is 14.3 Å². The first-order chi connectivity index (χ1) is 19.8. The van der Waals surface area contributed by atoms with Crippen LogP contribution in [0.5, 0.6) is 0 Å². The number of ether oxygens (including phenoxy) is 1. The minimum Gasteiger partial charge on any atom is -0.353 e. The number of hydrogen-bond donors (Lipinski definition) is 0. The van der Waals surface area contributed by atoms with Crippen molar-refractivity contribution in [2.75, 3.05) is 0 Å². The fraction of sp³-hybridized carbons (Fsp3) is 0.278. The van der Waals surface area contributed by atoms with E-state index in [1.54, 1.807) is 9.25 Å². The minimum atomic E-state index is -0.885. The molecule has 5 heteroatoms. The molecule has 210 valence electrons. The topological polar surface area (TPSA) is 49.0 Å². The monoisotopic (exact) mass is 545 g/mol. The van der Waals surface area contributed by atoms with E-state index in [0.29, 0.717) is 18.9 Å². The summed E-state index contributed by atoms with van der Waals surface area (Å²) in [5, 5.41) is 4.82. The maximum Gasteiger partial charge on any atom is 0.346 e. The Morgan fingerprint density at radius 2 is 1.17 bits per heavy atom. The van der Waals surface area contributed by atoms with Crippen molar-refractivity contribution in [3.8, 4) is 0 Å². The van der Waals surface area contributed by atoms with Gasteiger partial charge < -0.3 is 4.74 Å². The molecule has 0 N–H and O–H groups in total. The fourth-order valence-corrected chi connectivity index (χ4v) is 5.37. The molecule has 5 aromatic rings. The number of hydrogen-bond acceptors (Lipinski definition) is 3. The van der Waals surface area contributed by atoms with Gasteiger partial charge in [0, 0.05) is 6.54 Å². The standard InChI is InChI=1S/C36H39N3O2/c1-5-25-38-33(37-39(34(38)40)26-28-21-23-29(24-22-28)35(2,3)4)27-41-36(30-15-9-6-10-16-30,31-17-11-7-12-18-31)32-19-13-8-14-20-32/h6-24H,5,25-27H2,1-4H3. The van der Waals surface area contributed by atoms with Crippen LogP contribution in [0, 0.1) is 0 Å². The average molecular weight is 546 g/mol. The molecule has 0 aliphatic rings. The van der Waals surface area contributed by atoms with Crippen LogP contribution in [0.2, 0.25) is 0 Å². The lowest BCUT2D eigenvalue weighted by molar-refractivity contribution is -0.00484. The third-order valence-electron chi connectivity index (χ3n) is 7.56. The van der Waals surface area contributed by atoms with E-state index in [4.69, 9.17) is 9.84 Å². The van der Waals surface area contributed by atoms with E-state index < -0.39 is 5.60 Å². The summed E-state index contributed by atoms with van der Waals surface area (Å²) in [7, 11) is 0. The summed E-state index contributed by atoms with van der Waals surface area (Å²) in [6, 6.07) is 39.3. The van der Waals surface area contributed by atoms with Gasteiger partial charge in [0.25, 0.3) is 0 Å². The van der Waals surface area contributed by atoms with Crippen LogP contribution in [0.25, 0.3) is 0 Å². The summed E-state index contributed by atoms with van der Waals surface area (Å²) in [6.45, 7) is 9.83. The molecule has 1 heterocycles. The first-order valence-corrected chi connectivity index (χ1v) is 14.4. The van der Waals surface area contributed by atoms with Crippen molar-refractivity contribution >= 4 is 0 Å². The highest BCUT2D eigenvalue weighted by Gasteiger charge is 2.38. The van der Waals surface area contributed by atoms with Crippen molar-refractivity contribution in [3.05, 3.63) is 159 Å². The Labute approximate surface area is 243 Å². The molecule has 0 saturated heterocycles. The van der Waals surface area contributed by atoms with Crippen LogP contribution in [-0.2, 0) is 35.4 Å². The molecule has 0 atom stereocenters. The molecule has 0 saturated carbocycles. The molecule has 1 aromatic heterocycles. The van der Waals surface area contributed by atoms with E-state index in [1.165, 1.54) is 5.56 Å². The highest BCUT2D eigenvalue weighted by Crippen LogP contribution is 2.41. The second-order valence-corrected chi connectivity index (χ2v) is 11.5. The normalized spacial score (nSPS) is 12.0. The summed E-state index contributed by atoms with van der Waals surface area (Å²) in [5.74, 6) is 0.621. The van der Waals surface area contributed by atoms with Gasteiger partial charge in [0.1, 0.15) is 12.2 Å². The average Bonchev–Trinajstić information content (AvgIpc) is 3.28. The largest absolute Gasteiger partial charge is 0.353 e. The molecule has 0 radical (unpaired) electrons. The number of aromatic nitrogens is 3. The van der Waals surface area contributed by atoms with E-state index >= 15 is 0 Å². The third kappa shape index (κ3) is 5.96. The Hall–Kier alpha value is -4.22. The van der Waals surface area contributed by atoms with Gasteiger partial charge in [-0.3, -0.25) is 4.57 Å². The van der Waals surface area contributed by atoms with Crippen LogP contribution in [0.3, 0.4) is 0 Å². The Kier molecular flexibility index (Phi) is 8.36. The van der Waals surface area contributed by atoms with Crippen molar-refractivity contribution < 1.29 is 4.74 Å².